The van der Waals surface area contributed by atoms with E-state index in [-0.39, 0.29) is 29.7 Å². The van der Waals surface area contributed by atoms with Crippen molar-refractivity contribution in [1.29, 1.82) is 0 Å². The minimum absolute atomic E-state index is 0. The van der Waals surface area contributed by atoms with E-state index in [9.17, 15) is 8.42 Å². The number of unbranched alkanes of at least 4 members (excludes halogenated alkanes) is 5. The zero-order chi connectivity index (χ0) is 28.8. The van der Waals surface area contributed by atoms with E-state index in [1.54, 1.807) is 12.1 Å². The Balaban J connectivity index is 0.00000441. The van der Waals surface area contributed by atoms with E-state index >= 15 is 0 Å². The monoisotopic (exact) mass is 695 g/mol. The van der Waals surface area contributed by atoms with Gasteiger partial charge in [0.2, 0.25) is 10.0 Å². The third-order valence-corrected chi connectivity index (χ3v) is 8.38. The third kappa shape index (κ3) is 13.4. The molecule has 0 fully saturated rings. The summed E-state index contributed by atoms with van der Waals surface area (Å²) in [6, 6.07) is 16.2. The summed E-state index contributed by atoms with van der Waals surface area (Å²) in [5.41, 5.74) is 3.70. The van der Waals surface area contributed by atoms with Crippen molar-refractivity contribution in [3.8, 4) is 16.9 Å². The van der Waals surface area contributed by atoms with Crippen molar-refractivity contribution in [2.24, 2.45) is 5.14 Å². The van der Waals surface area contributed by atoms with Crippen LogP contribution in [0.2, 0.25) is 5.02 Å². The van der Waals surface area contributed by atoms with Gasteiger partial charge in [0.25, 0.3) is 0 Å². The maximum absolute atomic E-state index is 11.7. The second-order valence-corrected chi connectivity index (χ2v) is 12.8. The molecule has 0 bridgehead atoms. The van der Waals surface area contributed by atoms with Crippen LogP contribution in [0.5, 0.6) is 0 Å². The van der Waals surface area contributed by atoms with Gasteiger partial charge in [-0.3, -0.25) is 0 Å². The van der Waals surface area contributed by atoms with E-state index < -0.39 is 10.0 Å². The van der Waals surface area contributed by atoms with Gasteiger partial charge in [-0.2, -0.15) is 30.4 Å². The van der Waals surface area contributed by atoms with Gasteiger partial charge in [0.05, 0.1) is 22.0 Å². The van der Waals surface area contributed by atoms with Crippen LogP contribution >= 0.6 is 61.7 Å². The Hall–Kier alpha value is -0.950. The smallest absolute Gasteiger partial charge is 0.238 e. The summed E-state index contributed by atoms with van der Waals surface area (Å²) in [5.74, 6) is 1.76. The fraction of sp³-hybridized carbons (Fsp3) is 0.483. The fourth-order valence-corrected chi connectivity index (χ4v) is 5.70. The quantitative estimate of drug-likeness (QED) is 0.0871. The highest BCUT2D eigenvalue weighted by molar-refractivity contribution is 7.89. The predicted octanol–water partition coefficient (Wildman–Crippen LogP) is 6.32. The highest BCUT2D eigenvalue weighted by Crippen LogP contribution is 2.27. The summed E-state index contributed by atoms with van der Waals surface area (Å²) in [4.78, 5) is 2.57. The van der Waals surface area contributed by atoms with E-state index in [0.29, 0.717) is 5.02 Å². The van der Waals surface area contributed by atoms with Crippen LogP contribution in [0.3, 0.4) is 0 Å². The largest absolute Gasteiger partial charge is 0.315 e. The molecule has 236 valence electrons. The number of primary sulfonamides is 1. The van der Waals surface area contributed by atoms with E-state index in [0.717, 1.165) is 79.7 Å². The molecule has 0 amide bonds. The van der Waals surface area contributed by atoms with Crippen molar-refractivity contribution in [2.45, 2.75) is 49.8 Å². The summed E-state index contributed by atoms with van der Waals surface area (Å²) in [6.07, 6.45) is 8.06. The number of sulfonamides is 1. The van der Waals surface area contributed by atoms with Crippen molar-refractivity contribution < 1.29 is 8.42 Å². The molecular formula is C29H44Cl3N5O2S3. The van der Waals surface area contributed by atoms with Crippen LogP contribution in [0.15, 0.2) is 59.5 Å². The molecule has 0 atom stereocenters. The van der Waals surface area contributed by atoms with E-state index in [2.05, 4.69) is 41.5 Å². The van der Waals surface area contributed by atoms with Gasteiger partial charge in [0, 0.05) is 48.3 Å². The highest BCUT2D eigenvalue weighted by Gasteiger charge is 2.14. The van der Waals surface area contributed by atoms with E-state index in [1.807, 2.05) is 28.9 Å². The molecule has 0 aliphatic heterocycles. The molecule has 0 aliphatic rings. The normalized spacial score (nSPS) is 11.4. The number of nitrogens with two attached hydrogens (primary N) is 1. The van der Waals surface area contributed by atoms with Crippen molar-refractivity contribution >= 4 is 71.7 Å². The lowest BCUT2D eigenvalue weighted by molar-refractivity contribution is 0.283. The van der Waals surface area contributed by atoms with Crippen LogP contribution in [0, 0.1) is 0 Å². The third-order valence-electron chi connectivity index (χ3n) is 6.78. The van der Waals surface area contributed by atoms with Crippen LogP contribution in [-0.2, 0) is 16.4 Å². The number of hydrogen-bond donors (Lipinski definition) is 4. The van der Waals surface area contributed by atoms with Gasteiger partial charge in [-0.15, -0.1) is 24.8 Å². The Labute approximate surface area is 280 Å². The number of nitrogens with zero attached hydrogens (tertiary/aromatic N) is 3. The van der Waals surface area contributed by atoms with Gasteiger partial charge in [0.15, 0.2) is 0 Å². The molecule has 0 unspecified atom stereocenters. The average Bonchev–Trinajstić information content (AvgIpc) is 3.36. The van der Waals surface area contributed by atoms with Gasteiger partial charge in [-0.25, -0.2) is 18.2 Å². The Morgan fingerprint density at radius 1 is 0.833 bits per heavy atom. The van der Waals surface area contributed by atoms with Crippen molar-refractivity contribution in [2.75, 3.05) is 44.2 Å². The standard InChI is InChI=1S/C29H42ClN5O2S3.2ClH/c30-25-10-8-24(9-11-25)29-23-26(33-35(29)27-12-14-28(15-13-27)40(31,36)37)7-5-3-1-2-4-6-18-34(20-22-39)19-16-32-17-21-38;;/h8-15,23,32,38-39H,1-7,16-22H2,(H2,31,36,37);2*1H. The number of nitrogens with one attached hydrogen (secondary N) is 1. The Morgan fingerprint density at radius 3 is 2.10 bits per heavy atom. The lowest BCUT2D eigenvalue weighted by Crippen LogP contribution is -2.34. The molecule has 0 radical (unpaired) electrons. The lowest BCUT2D eigenvalue weighted by atomic mass is 10.1. The van der Waals surface area contributed by atoms with Crippen LogP contribution in [0.4, 0.5) is 0 Å². The first-order chi connectivity index (χ1) is 19.3. The van der Waals surface area contributed by atoms with Crippen LogP contribution in [-0.4, -0.2) is 67.3 Å². The van der Waals surface area contributed by atoms with E-state index in [1.165, 1.54) is 44.2 Å². The van der Waals surface area contributed by atoms with Gasteiger partial charge >= 0.3 is 0 Å². The highest BCUT2D eigenvalue weighted by atomic mass is 35.5. The summed E-state index contributed by atoms with van der Waals surface area (Å²) >= 11 is 14.8. The minimum Gasteiger partial charge on any atom is -0.315 e. The van der Waals surface area contributed by atoms with Gasteiger partial charge in [0.1, 0.15) is 0 Å². The summed E-state index contributed by atoms with van der Waals surface area (Å²) < 4.78 is 25.2. The predicted molar refractivity (Wildman–Crippen MR) is 188 cm³/mol. The lowest BCUT2D eigenvalue weighted by Gasteiger charge is -2.21. The first kappa shape index (κ1) is 39.1. The molecule has 42 heavy (non-hydrogen) atoms. The van der Waals surface area contributed by atoms with Gasteiger partial charge in [-0.05, 0) is 68.3 Å². The van der Waals surface area contributed by atoms with E-state index in [4.69, 9.17) is 21.8 Å². The molecule has 7 nitrogen and oxygen atoms in total. The molecule has 3 aromatic rings. The molecule has 3 N–H and O–H groups in total. The summed E-state index contributed by atoms with van der Waals surface area (Å²) in [6.45, 7) is 5.19. The zero-order valence-electron chi connectivity index (χ0n) is 23.8. The molecule has 0 aliphatic carbocycles. The molecule has 1 heterocycles. The molecule has 3 rings (SSSR count). The van der Waals surface area contributed by atoms with Crippen molar-refractivity contribution in [3.63, 3.8) is 0 Å². The number of rotatable bonds is 19. The number of benzene rings is 2. The Bertz CT molecular complexity index is 1260. The molecule has 2 aromatic carbocycles. The second-order valence-electron chi connectivity index (χ2n) is 9.89. The first-order valence-electron chi connectivity index (χ1n) is 13.9. The molecule has 0 saturated carbocycles. The van der Waals surface area contributed by atoms with Gasteiger partial charge in [-0.1, -0.05) is 49.4 Å². The zero-order valence-corrected chi connectivity index (χ0v) is 28.8. The van der Waals surface area contributed by atoms with Crippen molar-refractivity contribution in [3.05, 3.63) is 65.3 Å². The average molecular weight is 697 g/mol. The minimum atomic E-state index is -3.75. The molecular weight excluding hydrogens is 653 g/mol. The molecule has 13 heteroatoms. The SMILES string of the molecule is Cl.Cl.NS(=O)(=O)c1ccc(-n2nc(CCCCCCCCN(CCS)CCNCCS)cc2-c2ccc(Cl)cc2)cc1. The first-order valence-corrected chi connectivity index (χ1v) is 17.1. The molecule has 0 saturated heterocycles. The van der Waals surface area contributed by atoms with Crippen LogP contribution in [0.1, 0.15) is 44.2 Å². The number of aryl methyl sites for hydroxylation is 1. The maximum Gasteiger partial charge on any atom is 0.238 e. The second kappa shape index (κ2) is 20.9. The Morgan fingerprint density at radius 2 is 1.48 bits per heavy atom. The van der Waals surface area contributed by atoms with Crippen LogP contribution < -0.4 is 10.5 Å². The number of thiol groups is 2. The number of aromatic nitrogens is 2. The molecule has 0 spiro atoms. The molecule has 1 aromatic heterocycles. The Kier molecular flexibility index (Phi) is 19.4. The van der Waals surface area contributed by atoms with Gasteiger partial charge < -0.3 is 10.2 Å². The summed E-state index contributed by atoms with van der Waals surface area (Å²) in [7, 11) is -3.75. The maximum atomic E-state index is 11.7. The van der Waals surface area contributed by atoms with Crippen LogP contribution in [0.25, 0.3) is 16.9 Å². The topological polar surface area (TPSA) is 93.2 Å². The number of hydrogen-bond acceptors (Lipinski definition) is 7. The fourth-order valence-electron chi connectivity index (χ4n) is 4.62. The summed E-state index contributed by atoms with van der Waals surface area (Å²) in [5, 5.41) is 14.2. The number of halogens is 3. The van der Waals surface area contributed by atoms with Crippen molar-refractivity contribution in [1.82, 2.24) is 20.0 Å².